The standard InChI is InChI=1S/C14H17F3N4O/c1-2-3-11-8-18-4-5-21(11)13-19-6-10(7-20-13)14(22,9-15)12(16)17/h6-7,11-12,18,22H,4-5,8-9H2,1H3/t11-,14?/m0/s1. The van der Waals surface area contributed by atoms with Gasteiger partial charge in [0.25, 0.3) is 6.43 Å². The van der Waals surface area contributed by atoms with Crippen LogP contribution in [0.25, 0.3) is 0 Å². The molecule has 2 heterocycles. The van der Waals surface area contributed by atoms with Gasteiger partial charge < -0.3 is 15.3 Å². The number of piperazine rings is 1. The highest BCUT2D eigenvalue weighted by Gasteiger charge is 2.41. The zero-order valence-electron chi connectivity index (χ0n) is 12.1. The first-order valence-corrected chi connectivity index (χ1v) is 6.81. The zero-order chi connectivity index (χ0) is 16.2. The van der Waals surface area contributed by atoms with E-state index in [1.807, 2.05) is 4.90 Å². The molecule has 22 heavy (non-hydrogen) atoms. The first-order chi connectivity index (χ1) is 10.5. The number of alkyl halides is 3. The van der Waals surface area contributed by atoms with Gasteiger partial charge in [0.15, 0.2) is 5.60 Å². The number of nitrogens with zero attached hydrogens (tertiary/aromatic N) is 3. The monoisotopic (exact) mass is 314 g/mol. The second-order valence-electron chi connectivity index (χ2n) is 4.94. The summed E-state index contributed by atoms with van der Waals surface area (Å²) in [6.07, 6.45) is -1.19. The van der Waals surface area contributed by atoms with E-state index in [1.165, 1.54) is 0 Å². The Labute approximate surface area is 126 Å². The summed E-state index contributed by atoms with van der Waals surface area (Å²) < 4.78 is 38.4. The zero-order valence-corrected chi connectivity index (χ0v) is 12.1. The van der Waals surface area contributed by atoms with Gasteiger partial charge in [0.05, 0.1) is 0 Å². The van der Waals surface area contributed by atoms with E-state index in [0.29, 0.717) is 19.0 Å². The Morgan fingerprint density at radius 3 is 2.73 bits per heavy atom. The second-order valence-corrected chi connectivity index (χ2v) is 4.94. The van der Waals surface area contributed by atoms with Crippen molar-refractivity contribution in [2.24, 2.45) is 0 Å². The van der Waals surface area contributed by atoms with Crippen molar-refractivity contribution in [2.45, 2.75) is 25.0 Å². The van der Waals surface area contributed by atoms with E-state index < -0.39 is 18.7 Å². The smallest absolute Gasteiger partial charge is 0.273 e. The van der Waals surface area contributed by atoms with Gasteiger partial charge in [-0.15, -0.1) is 5.92 Å². The lowest BCUT2D eigenvalue weighted by atomic mass is 9.99. The molecule has 0 saturated carbocycles. The minimum atomic E-state index is -3.26. The molecule has 1 aliphatic heterocycles. The Morgan fingerprint density at radius 2 is 2.18 bits per heavy atom. The SMILES string of the molecule is CC#C[C@H]1CNCCN1c1ncc(C(O)(CF)C(F)F)cn1. The van der Waals surface area contributed by atoms with E-state index >= 15 is 0 Å². The Morgan fingerprint density at radius 1 is 1.50 bits per heavy atom. The Hall–Kier alpha value is -1.85. The molecule has 0 aliphatic carbocycles. The largest absolute Gasteiger partial charge is 0.377 e. The van der Waals surface area contributed by atoms with Gasteiger partial charge in [-0.05, 0) is 6.92 Å². The van der Waals surface area contributed by atoms with Gasteiger partial charge in [-0.3, -0.25) is 0 Å². The normalized spacial score (nSPS) is 21.2. The predicted molar refractivity (Wildman–Crippen MR) is 75.4 cm³/mol. The number of aliphatic hydroxyl groups is 1. The van der Waals surface area contributed by atoms with Gasteiger partial charge in [0, 0.05) is 37.6 Å². The van der Waals surface area contributed by atoms with Crippen molar-refractivity contribution in [3.63, 3.8) is 0 Å². The molecule has 1 unspecified atom stereocenters. The van der Waals surface area contributed by atoms with E-state index in [-0.39, 0.29) is 11.6 Å². The fraction of sp³-hybridized carbons (Fsp3) is 0.571. The summed E-state index contributed by atoms with van der Waals surface area (Å²) in [5.41, 5.74) is -3.22. The molecule has 0 aromatic carbocycles. The van der Waals surface area contributed by atoms with Crippen LogP contribution in [0.2, 0.25) is 0 Å². The fourth-order valence-electron chi connectivity index (χ4n) is 2.19. The number of hydrogen-bond donors (Lipinski definition) is 2. The molecule has 2 atom stereocenters. The molecule has 120 valence electrons. The van der Waals surface area contributed by atoms with Crippen LogP contribution in [0.4, 0.5) is 19.1 Å². The molecule has 5 nitrogen and oxygen atoms in total. The van der Waals surface area contributed by atoms with Gasteiger partial charge >= 0.3 is 0 Å². The van der Waals surface area contributed by atoms with Crippen molar-refractivity contribution < 1.29 is 18.3 Å². The summed E-state index contributed by atoms with van der Waals surface area (Å²) in [6.45, 7) is 2.09. The summed E-state index contributed by atoms with van der Waals surface area (Å²) in [6, 6.07) is -0.125. The van der Waals surface area contributed by atoms with Crippen molar-refractivity contribution in [2.75, 3.05) is 31.2 Å². The summed E-state index contributed by atoms with van der Waals surface area (Å²) in [5, 5.41) is 12.8. The minimum absolute atomic E-state index is 0.125. The molecule has 1 fully saturated rings. The summed E-state index contributed by atoms with van der Waals surface area (Å²) in [5.74, 6) is 6.15. The van der Waals surface area contributed by atoms with Gasteiger partial charge in [0.2, 0.25) is 5.95 Å². The Kier molecular flexibility index (Phi) is 5.21. The van der Waals surface area contributed by atoms with Gasteiger partial charge in [-0.1, -0.05) is 5.92 Å². The van der Waals surface area contributed by atoms with Crippen molar-refractivity contribution in [1.29, 1.82) is 0 Å². The number of anilines is 1. The molecule has 0 spiro atoms. The highest BCUT2D eigenvalue weighted by Crippen LogP contribution is 2.28. The Balaban J connectivity index is 2.25. The van der Waals surface area contributed by atoms with E-state index in [0.717, 1.165) is 18.9 Å². The van der Waals surface area contributed by atoms with E-state index in [4.69, 9.17) is 0 Å². The number of hydrogen-bond acceptors (Lipinski definition) is 5. The molecule has 2 N–H and O–H groups in total. The van der Waals surface area contributed by atoms with Crippen molar-refractivity contribution in [3.05, 3.63) is 18.0 Å². The molecule has 1 aromatic rings. The highest BCUT2D eigenvalue weighted by molar-refractivity contribution is 5.38. The van der Waals surface area contributed by atoms with Crippen LogP contribution in [-0.4, -0.2) is 53.9 Å². The summed E-state index contributed by atoms with van der Waals surface area (Å²) >= 11 is 0. The summed E-state index contributed by atoms with van der Waals surface area (Å²) in [7, 11) is 0. The van der Waals surface area contributed by atoms with Crippen LogP contribution in [0, 0.1) is 11.8 Å². The molecule has 0 bridgehead atoms. The van der Waals surface area contributed by atoms with Crippen LogP contribution in [0.1, 0.15) is 12.5 Å². The van der Waals surface area contributed by atoms with Crippen LogP contribution in [-0.2, 0) is 5.60 Å². The van der Waals surface area contributed by atoms with Crippen molar-refractivity contribution in [3.8, 4) is 11.8 Å². The number of nitrogens with one attached hydrogen (secondary N) is 1. The number of rotatable bonds is 4. The van der Waals surface area contributed by atoms with Crippen LogP contribution >= 0.6 is 0 Å². The van der Waals surface area contributed by atoms with Gasteiger partial charge in [0.1, 0.15) is 12.7 Å². The maximum atomic E-state index is 12.8. The quantitative estimate of drug-likeness (QED) is 0.801. The predicted octanol–water partition coefficient (Wildman–Crippen LogP) is 0.700. The van der Waals surface area contributed by atoms with E-state index in [2.05, 4.69) is 27.1 Å². The van der Waals surface area contributed by atoms with Crippen molar-refractivity contribution in [1.82, 2.24) is 15.3 Å². The van der Waals surface area contributed by atoms with E-state index in [9.17, 15) is 18.3 Å². The Bertz CT molecular complexity index is 557. The first-order valence-electron chi connectivity index (χ1n) is 6.81. The lowest BCUT2D eigenvalue weighted by Crippen LogP contribution is -2.51. The molecular formula is C14H17F3N4O. The minimum Gasteiger partial charge on any atom is -0.377 e. The molecule has 1 aliphatic rings. The molecule has 0 radical (unpaired) electrons. The maximum Gasteiger partial charge on any atom is 0.273 e. The van der Waals surface area contributed by atoms with Crippen LogP contribution < -0.4 is 10.2 Å². The number of aromatic nitrogens is 2. The molecular weight excluding hydrogens is 297 g/mol. The fourth-order valence-corrected chi connectivity index (χ4v) is 2.19. The van der Waals surface area contributed by atoms with Gasteiger partial charge in [-0.2, -0.15) is 0 Å². The molecule has 1 saturated heterocycles. The third kappa shape index (κ3) is 3.15. The molecule has 8 heteroatoms. The van der Waals surface area contributed by atoms with Crippen molar-refractivity contribution >= 4 is 5.95 Å². The van der Waals surface area contributed by atoms with Crippen LogP contribution in [0.3, 0.4) is 0 Å². The average Bonchev–Trinajstić information content (AvgIpc) is 2.55. The number of halogens is 3. The molecule has 1 aromatic heterocycles. The van der Waals surface area contributed by atoms with Crippen LogP contribution in [0.15, 0.2) is 12.4 Å². The van der Waals surface area contributed by atoms with Crippen LogP contribution in [0.5, 0.6) is 0 Å². The average molecular weight is 314 g/mol. The molecule has 0 amide bonds. The third-order valence-corrected chi connectivity index (χ3v) is 3.51. The first kappa shape index (κ1) is 16.5. The second kappa shape index (κ2) is 6.94. The topological polar surface area (TPSA) is 61.3 Å². The lowest BCUT2D eigenvalue weighted by molar-refractivity contribution is -0.114. The lowest BCUT2D eigenvalue weighted by Gasteiger charge is -2.33. The molecule has 2 rings (SSSR count). The van der Waals surface area contributed by atoms with E-state index in [1.54, 1.807) is 6.92 Å². The third-order valence-electron chi connectivity index (χ3n) is 3.51. The summed E-state index contributed by atoms with van der Waals surface area (Å²) in [4.78, 5) is 9.82. The maximum absolute atomic E-state index is 12.8. The highest BCUT2D eigenvalue weighted by atomic mass is 19.3. The van der Waals surface area contributed by atoms with Gasteiger partial charge in [-0.25, -0.2) is 23.1 Å².